The molecule has 5 amide bonds. The monoisotopic (exact) mass is 362 g/mol. The summed E-state index contributed by atoms with van der Waals surface area (Å²) in [6.45, 7) is 6.54. The van der Waals surface area contributed by atoms with Crippen molar-refractivity contribution in [3.8, 4) is 6.07 Å². The average Bonchev–Trinajstić information content (AvgIpc) is 2.79. The number of urea groups is 1. The van der Waals surface area contributed by atoms with Crippen LogP contribution in [0.5, 0.6) is 0 Å². The molecule has 0 unspecified atom stereocenters. The highest BCUT2D eigenvalue weighted by Gasteiger charge is 2.49. The first-order valence-corrected chi connectivity index (χ1v) is 9.03. The van der Waals surface area contributed by atoms with E-state index in [4.69, 9.17) is 0 Å². The third-order valence-electron chi connectivity index (χ3n) is 5.57. The maximum Gasteiger partial charge on any atom is 0.334 e. The van der Waals surface area contributed by atoms with Crippen molar-refractivity contribution in [3.05, 3.63) is 0 Å². The molecule has 2 rings (SSSR count). The minimum Gasteiger partial charge on any atom is -0.336 e. The number of imide groups is 2. The molecule has 1 N–H and O–H groups in total. The SMILES string of the molecule is CC(C)[C@](C)(C#N)NC(=O)CN1C(=O)C(=O)N([C@H]2CCCC[C@H]2C)C1=O. The summed E-state index contributed by atoms with van der Waals surface area (Å²) in [5.74, 6) is -2.53. The van der Waals surface area contributed by atoms with Crippen molar-refractivity contribution in [3.63, 3.8) is 0 Å². The molecule has 8 heteroatoms. The average molecular weight is 362 g/mol. The molecule has 1 heterocycles. The van der Waals surface area contributed by atoms with E-state index in [1.807, 2.05) is 13.0 Å². The van der Waals surface area contributed by atoms with Gasteiger partial charge in [-0.15, -0.1) is 0 Å². The lowest BCUT2D eigenvalue weighted by Gasteiger charge is -2.34. The number of hydrogen-bond donors (Lipinski definition) is 1. The number of amides is 5. The van der Waals surface area contributed by atoms with E-state index in [2.05, 4.69) is 5.32 Å². The van der Waals surface area contributed by atoms with Crippen molar-refractivity contribution in [1.29, 1.82) is 5.26 Å². The summed E-state index contributed by atoms with van der Waals surface area (Å²) < 4.78 is 0. The molecule has 0 radical (unpaired) electrons. The Labute approximate surface area is 153 Å². The fraction of sp³-hybridized carbons (Fsp3) is 0.722. The minimum atomic E-state index is -1.12. The minimum absolute atomic E-state index is 0.126. The van der Waals surface area contributed by atoms with Crippen LogP contribution in [0.4, 0.5) is 4.79 Å². The Morgan fingerprint density at radius 3 is 2.42 bits per heavy atom. The maximum absolute atomic E-state index is 12.6. The summed E-state index contributed by atoms with van der Waals surface area (Å²) >= 11 is 0. The van der Waals surface area contributed by atoms with Crippen molar-refractivity contribution in [1.82, 2.24) is 15.1 Å². The van der Waals surface area contributed by atoms with E-state index in [0.717, 1.165) is 24.2 Å². The van der Waals surface area contributed by atoms with Crippen LogP contribution in [-0.4, -0.2) is 51.7 Å². The van der Waals surface area contributed by atoms with Gasteiger partial charge in [0, 0.05) is 6.04 Å². The molecule has 1 saturated heterocycles. The Bertz CT molecular complexity index is 669. The topological polar surface area (TPSA) is 111 Å². The van der Waals surface area contributed by atoms with Crippen LogP contribution in [0, 0.1) is 23.2 Å². The van der Waals surface area contributed by atoms with Crippen LogP contribution < -0.4 is 5.32 Å². The molecule has 26 heavy (non-hydrogen) atoms. The maximum atomic E-state index is 12.6. The Hall–Kier alpha value is -2.43. The zero-order valence-electron chi connectivity index (χ0n) is 15.7. The number of nitriles is 1. The second-order valence-corrected chi connectivity index (χ2v) is 7.70. The van der Waals surface area contributed by atoms with E-state index in [-0.39, 0.29) is 17.9 Å². The van der Waals surface area contributed by atoms with Crippen LogP contribution in [0.3, 0.4) is 0 Å². The predicted molar refractivity (Wildman–Crippen MR) is 92.4 cm³/mol. The van der Waals surface area contributed by atoms with Crippen molar-refractivity contribution in [2.24, 2.45) is 11.8 Å². The van der Waals surface area contributed by atoms with Crippen LogP contribution in [0.25, 0.3) is 0 Å². The molecule has 0 aromatic carbocycles. The van der Waals surface area contributed by atoms with Crippen molar-refractivity contribution >= 4 is 23.8 Å². The first-order chi connectivity index (χ1) is 12.1. The first-order valence-electron chi connectivity index (χ1n) is 9.03. The largest absolute Gasteiger partial charge is 0.336 e. The van der Waals surface area contributed by atoms with Gasteiger partial charge in [-0.3, -0.25) is 19.3 Å². The molecule has 1 aliphatic carbocycles. The zero-order chi connectivity index (χ0) is 19.6. The molecule has 0 spiro atoms. The number of carbonyl (C=O) groups is 4. The van der Waals surface area contributed by atoms with Gasteiger partial charge >= 0.3 is 17.8 Å². The summed E-state index contributed by atoms with van der Waals surface area (Å²) in [6.07, 6.45) is 3.50. The van der Waals surface area contributed by atoms with Gasteiger partial charge in [-0.05, 0) is 31.6 Å². The van der Waals surface area contributed by atoms with Gasteiger partial charge in [-0.25, -0.2) is 9.69 Å². The van der Waals surface area contributed by atoms with Crippen LogP contribution in [0.2, 0.25) is 0 Å². The Morgan fingerprint density at radius 2 is 1.88 bits per heavy atom. The summed E-state index contributed by atoms with van der Waals surface area (Å²) in [5, 5.41) is 11.8. The van der Waals surface area contributed by atoms with Crippen LogP contribution in [-0.2, 0) is 14.4 Å². The second kappa shape index (κ2) is 7.44. The summed E-state index contributed by atoms with van der Waals surface area (Å²) in [6, 6.07) is 0.990. The fourth-order valence-corrected chi connectivity index (χ4v) is 3.41. The van der Waals surface area contributed by atoms with Gasteiger partial charge in [-0.1, -0.05) is 33.6 Å². The van der Waals surface area contributed by atoms with E-state index >= 15 is 0 Å². The summed E-state index contributed by atoms with van der Waals surface area (Å²) in [4.78, 5) is 51.2. The lowest BCUT2D eigenvalue weighted by Crippen LogP contribution is -2.53. The smallest absolute Gasteiger partial charge is 0.334 e. The lowest BCUT2D eigenvalue weighted by atomic mass is 9.85. The second-order valence-electron chi connectivity index (χ2n) is 7.70. The van der Waals surface area contributed by atoms with Gasteiger partial charge in [0.05, 0.1) is 6.07 Å². The normalized spacial score (nSPS) is 26.1. The molecule has 1 aliphatic heterocycles. The number of nitrogens with one attached hydrogen (secondary N) is 1. The molecular weight excluding hydrogens is 336 g/mol. The van der Waals surface area contributed by atoms with Gasteiger partial charge in [0.25, 0.3) is 0 Å². The number of nitrogens with zero attached hydrogens (tertiary/aromatic N) is 3. The highest BCUT2D eigenvalue weighted by molar-refractivity contribution is 6.45. The van der Waals surface area contributed by atoms with Gasteiger partial charge in [0.1, 0.15) is 12.1 Å². The van der Waals surface area contributed by atoms with Crippen molar-refractivity contribution < 1.29 is 19.2 Å². The van der Waals surface area contributed by atoms with E-state index in [0.29, 0.717) is 11.3 Å². The molecule has 2 fully saturated rings. The lowest BCUT2D eigenvalue weighted by molar-refractivity contribution is -0.145. The Kier molecular flexibility index (Phi) is 5.69. The predicted octanol–water partition coefficient (Wildman–Crippen LogP) is 1.41. The van der Waals surface area contributed by atoms with Crippen molar-refractivity contribution in [2.75, 3.05) is 6.54 Å². The quantitative estimate of drug-likeness (QED) is 0.587. The summed E-state index contributed by atoms with van der Waals surface area (Å²) in [5.41, 5.74) is -1.12. The Balaban J connectivity index is 2.12. The van der Waals surface area contributed by atoms with E-state index in [1.165, 1.54) is 0 Å². The van der Waals surface area contributed by atoms with Gasteiger partial charge in [0.2, 0.25) is 5.91 Å². The zero-order valence-corrected chi connectivity index (χ0v) is 15.7. The molecule has 0 aromatic rings. The molecule has 3 atom stereocenters. The molecule has 1 saturated carbocycles. The van der Waals surface area contributed by atoms with E-state index in [1.54, 1.807) is 20.8 Å². The van der Waals surface area contributed by atoms with Crippen LogP contribution in [0.15, 0.2) is 0 Å². The van der Waals surface area contributed by atoms with Gasteiger partial charge < -0.3 is 5.32 Å². The highest BCUT2D eigenvalue weighted by Crippen LogP contribution is 2.31. The number of carbonyl (C=O) groups excluding carboxylic acids is 4. The third kappa shape index (κ3) is 3.57. The molecular formula is C18H26N4O4. The standard InChI is InChI=1S/C18H26N4O4/c1-11(2)18(4,10-19)20-14(23)9-21-15(24)16(25)22(17(21)26)13-8-6-5-7-12(13)3/h11-13H,5-9H2,1-4H3,(H,20,23)/t12-,13+,18+/m1/s1. The van der Waals surface area contributed by atoms with Crippen LogP contribution >= 0.6 is 0 Å². The molecule has 8 nitrogen and oxygen atoms in total. The van der Waals surface area contributed by atoms with Gasteiger partial charge in [-0.2, -0.15) is 5.26 Å². The van der Waals surface area contributed by atoms with Crippen molar-refractivity contribution in [2.45, 2.75) is 65.0 Å². The Morgan fingerprint density at radius 1 is 1.27 bits per heavy atom. The molecule has 0 bridgehead atoms. The number of hydrogen-bond acceptors (Lipinski definition) is 5. The fourth-order valence-electron chi connectivity index (χ4n) is 3.41. The van der Waals surface area contributed by atoms with E-state index in [9.17, 15) is 24.4 Å². The highest BCUT2D eigenvalue weighted by atomic mass is 16.2. The molecule has 0 aromatic heterocycles. The van der Waals surface area contributed by atoms with Crippen LogP contribution in [0.1, 0.15) is 53.4 Å². The third-order valence-corrected chi connectivity index (χ3v) is 5.57. The molecule has 142 valence electrons. The molecule has 2 aliphatic rings. The first kappa shape index (κ1) is 19.9. The summed E-state index contributed by atoms with van der Waals surface area (Å²) in [7, 11) is 0. The van der Waals surface area contributed by atoms with Gasteiger partial charge in [0.15, 0.2) is 0 Å². The number of rotatable bonds is 5. The van der Waals surface area contributed by atoms with E-state index < -0.39 is 35.8 Å².